The highest BCUT2D eigenvalue weighted by Gasteiger charge is 2.71. The fraction of sp³-hybridized carbons (Fsp3) is 0.867. The number of esters is 2. The summed E-state index contributed by atoms with van der Waals surface area (Å²) in [6.45, 7) is 11.1. The van der Waals surface area contributed by atoms with Crippen molar-refractivity contribution in [1.29, 1.82) is 0 Å². The van der Waals surface area contributed by atoms with Gasteiger partial charge in [0.25, 0.3) is 0 Å². The molecule has 1 saturated heterocycles. The second kappa shape index (κ2) is 9.06. The molecule has 4 aliphatic carbocycles. The van der Waals surface area contributed by atoms with Crippen LogP contribution in [0.2, 0.25) is 0 Å². The van der Waals surface area contributed by atoms with Crippen LogP contribution < -0.4 is 0 Å². The van der Waals surface area contributed by atoms with Crippen molar-refractivity contribution in [3.63, 3.8) is 0 Å². The van der Waals surface area contributed by atoms with E-state index in [2.05, 4.69) is 30.7 Å². The molecule has 0 radical (unpaired) electrons. The zero-order valence-electron chi connectivity index (χ0n) is 23.2. The number of carbonyl (C=O) groups excluding carboxylic acids is 2. The number of hydrogen-bond acceptors (Lipinski definition) is 7. The van der Waals surface area contributed by atoms with Gasteiger partial charge in [-0.2, -0.15) is 0 Å². The third-order valence-corrected chi connectivity index (χ3v) is 12.3. The van der Waals surface area contributed by atoms with Gasteiger partial charge in [0.2, 0.25) is 0 Å². The minimum Gasteiger partial charge on any atom is -0.462 e. The molecule has 7 nitrogen and oxygen atoms in total. The Balaban J connectivity index is 1.26. The van der Waals surface area contributed by atoms with E-state index in [-0.39, 0.29) is 35.8 Å². The molecule has 4 saturated carbocycles. The quantitative estimate of drug-likeness (QED) is 0.579. The van der Waals surface area contributed by atoms with E-state index in [4.69, 9.17) is 9.47 Å². The topological polar surface area (TPSA) is 79.3 Å². The van der Waals surface area contributed by atoms with Crippen LogP contribution >= 0.6 is 0 Å². The van der Waals surface area contributed by atoms with E-state index in [9.17, 15) is 14.7 Å². The lowest BCUT2D eigenvalue weighted by atomic mass is 9.43. The third kappa shape index (κ3) is 3.93. The van der Waals surface area contributed by atoms with Crippen molar-refractivity contribution in [1.82, 2.24) is 9.80 Å². The Kier molecular flexibility index (Phi) is 6.32. The molecule has 0 spiro atoms. The molecule has 7 heteroatoms. The number of rotatable bonds is 3. The molecule has 0 amide bonds. The number of aliphatic hydroxyl groups is 1. The summed E-state index contributed by atoms with van der Waals surface area (Å²) in [5, 5.41) is 12.7. The van der Waals surface area contributed by atoms with Crippen molar-refractivity contribution >= 4 is 11.9 Å². The molecular formula is C30H46N2O5. The Labute approximate surface area is 221 Å². The third-order valence-electron chi connectivity index (χ3n) is 12.3. The number of nitrogens with zero attached hydrogens (tertiary/aromatic N) is 2. The Bertz CT molecular complexity index is 975. The van der Waals surface area contributed by atoms with Gasteiger partial charge in [0.1, 0.15) is 12.7 Å². The van der Waals surface area contributed by atoms with Gasteiger partial charge in [-0.05, 0) is 80.7 Å². The fourth-order valence-corrected chi connectivity index (χ4v) is 10.3. The maximum absolute atomic E-state index is 12.7. The van der Waals surface area contributed by atoms with Gasteiger partial charge in [-0.15, -0.1) is 0 Å². The lowest BCUT2D eigenvalue weighted by Crippen LogP contribution is -2.63. The average molecular weight is 515 g/mol. The van der Waals surface area contributed by atoms with Gasteiger partial charge in [0.15, 0.2) is 0 Å². The fourth-order valence-electron chi connectivity index (χ4n) is 10.3. The summed E-state index contributed by atoms with van der Waals surface area (Å²) >= 11 is 0. The molecule has 6 aliphatic rings. The molecule has 37 heavy (non-hydrogen) atoms. The van der Waals surface area contributed by atoms with Gasteiger partial charge in [-0.1, -0.05) is 13.8 Å². The first-order valence-electron chi connectivity index (χ1n) is 14.7. The van der Waals surface area contributed by atoms with Gasteiger partial charge in [-0.25, -0.2) is 4.79 Å². The molecule has 2 heterocycles. The summed E-state index contributed by atoms with van der Waals surface area (Å²) in [7, 11) is 2.23. The molecule has 0 aromatic carbocycles. The molecule has 0 aromatic rings. The Hall–Kier alpha value is -1.44. The first-order chi connectivity index (χ1) is 17.5. The molecule has 2 aliphatic heterocycles. The second-order valence-corrected chi connectivity index (χ2v) is 13.8. The van der Waals surface area contributed by atoms with E-state index in [0.29, 0.717) is 24.3 Å². The van der Waals surface area contributed by atoms with Crippen LogP contribution in [0.15, 0.2) is 11.6 Å². The largest absolute Gasteiger partial charge is 0.462 e. The summed E-state index contributed by atoms with van der Waals surface area (Å²) in [6, 6.07) is 0.705. The smallest absolute Gasteiger partial charge is 0.331 e. The van der Waals surface area contributed by atoms with E-state index in [1.807, 2.05) is 0 Å². The van der Waals surface area contributed by atoms with Crippen LogP contribution in [0.3, 0.4) is 0 Å². The van der Waals surface area contributed by atoms with Gasteiger partial charge in [0.05, 0.1) is 5.60 Å². The summed E-state index contributed by atoms with van der Waals surface area (Å²) in [5.41, 5.74) is -0.200. The minimum atomic E-state index is -0.907. The lowest BCUT2D eigenvalue weighted by molar-refractivity contribution is -0.207. The van der Waals surface area contributed by atoms with E-state index in [0.717, 1.165) is 24.8 Å². The van der Waals surface area contributed by atoms with E-state index in [1.165, 1.54) is 58.8 Å². The van der Waals surface area contributed by atoms with Crippen molar-refractivity contribution < 1.29 is 24.2 Å². The number of hydrogen-bond donors (Lipinski definition) is 1. The predicted octanol–water partition coefficient (Wildman–Crippen LogP) is 3.40. The monoisotopic (exact) mass is 514 g/mol. The van der Waals surface area contributed by atoms with Crippen molar-refractivity contribution in [2.24, 2.45) is 34.5 Å². The standard InChI is InChI=1S/C30H46N2O5/c1-19(33)37-25-17-30(35)24-6-5-21-16-22(32-13-11-31(4)12-14-32)7-9-28(21,2)23(24)8-10-29(30,3)27(25)20-15-26(34)36-18-20/h15,21-25,27,35H,5-14,16-18H2,1-4H3. The molecule has 0 aromatic heterocycles. The highest BCUT2D eigenvalue weighted by atomic mass is 16.5. The number of carbonyl (C=O) groups is 2. The Morgan fingerprint density at radius 3 is 2.51 bits per heavy atom. The molecule has 206 valence electrons. The first kappa shape index (κ1) is 25.8. The summed E-state index contributed by atoms with van der Waals surface area (Å²) in [5.74, 6) is 0.590. The lowest BCUT2D eigenvalue weighted by Gasteiger charge is -2.64. The normalized spacial score (nSPS) is 48.5. The molecule has 9 atom stereocenters. The molecule has 0 bridgehead atoms. The predicted molar refractivity (Wildman–Crippen MR) is 140 cm³/mol. The van der Waals surface area contributed by atoms with Crippen LogP contribution in [0.5, 0.6) is 0 Å². The van der Waals surface area contributed by atoms with E-state index < -0.39 is 17.1 Å². The van der Waals surface area contributed by atoms with Crippen LogP contribution in [0, 0.1) is 34.5 Å². The molecule has 9 unspecified atom stereocenters. The molecular weight excluding hydrogens is 468 g/mol. The van der Waals surface area contributed by atoms with Crippen molar-refractivity contribution in [2.75, 3.05) is 39.8 Å². The second-order valence-electron chi connectivity index (χ2n) is 13.8. The zero-order chi connectivity index (χ0) is 26.2. The Morgan fingerprint density at radius 2 is 1.84 bits per heavy atom. The summed E-state index contributed by atoms with van der Waals surface area (Å²) < 4.78 is 11.2. The van der Waals surface area contributed by atoms with Crippen LogP contribution in [0.1, 0.15) is 72.1 Å². The van der Waals surface area contributed by atoms with Gasteiger partial charge < -0.3 is 19.5 Å². The highest BCUT2D eigenvalue weighted by Crippen LogP contribution is 2.70. The van der Waals surface area contributed by atoms with E-state index in [1.54, 1.807) is 6.08 Å². The highest BCUT2D eigenvalue weighted by molar-refractivity contribution is 5.85. The number of cyclic esters (lactones) is 1. The average Bonchev–Trinajstić information content (AvgIpc) is 3.36. The number of ether oxygens (including phenoxy) is 2. The molecule has 6 rings (SSSR count). The maximum Gasteiger partial charge on any atom is 0.331 e. The molecule has 1 N–H and O–H groups in total. The number of fused-ring (bicyclic) bond motifs is 5. The van der Waals surface area contributed by atoms with Crippen LogP contribution in [0.25, 0.3) is 0 Å². The van der Waals surface area contributed by atoms with Crippen molar-refractivity contribution in [3.05, 3.63) is 11.6 Å². The summed E-state index contributed by atoms with van der Waals surface area (Å²) in [4.78, 5) is 29.3. The van der Waals surface area contributed by atoms with Crippen molar-refractivity contribution in [2.45, 2.75) is 89.9 Å². The van der Waals surface area contributed by atoms with Gasteiger partial charge in [0, 0.05) is 63.0 Å². The van der Waals surface area contributed by atoms with E-state index >= 15 is 0 Å². The molecule has 5 fully saturated rings. The van der Waals surface area contributed by atoms with Crippen LogP contribution in [0.4, 0.5) is 0 Å². The minimum absolute atomic E-state index is 0.174. The van der Waals surface area contributed by atoms with Gasteiger partial charge >= 0.3 is 11.9 Å². The first-order valence-corrected chi connectivity index (χ1v) is 14.7. The van der Waals surface area contributed by atoms with Gasteiger partial charge in [-0.3, -0.25) is 9.69 Å². The maximum atomic E-state index is 12.7. The zero-order valence-corrected chi connectivity index (χ0v) is 23.2. The van der Waals surface area contributed by atoms with Crippen LogP contribution in [-0.2, 0) is 19.1 Å². The Morgan fingerprint density at radius 1 is 1.08 bits per heavy atom. The SMILES string of the molecule is CC(=O)OC1CC2(O)C3CCC4CC(N5CCN(C)CC5)CCC4(C)C3CCC2(C)C1C1=CC(=O)OC1. The number of likely N-dealkylation sites (N-methyl/N-ethyl adjacent to an activating group) is 1. The number of piperazine rings is 1. The van der Waals surface area contributed by atoms with Crippen molar-refractivity contribution in [3.8, 4) is 0 Å². The summed E-state index contributed by atoms with van der Waals surface area (Å²) in [6.07, 6.45) is 9.65. The van der Waals surface area contributed by atoms with Crippen LogP contribution in [-0.4, -0.2) is 84.4 Å².